The fourth-order valence-corrected chi connectivity index (χ4v) is 2.65. The zero-order chi connectivity index (χ0) is 14.9. The van der Waals surface area contributed by atoms with Crippen LogP contribution in [-0.2, 0) is 11.0 Å². The molecule has 1 unspecified atom stereocenters. The first-order valence-corrected chi connectivity index (χ1v) is 6.75. The second-order valence-electron chi connectivity index (χ2n) is 5.49. The molecular weight excluding hydrogens is 267 g/mol. The molecule has 1 aliphatic heterocycles. The highest BCUT2D eigenvalue weighted by atomic mass is 19.4. The van der Waals surface area contributed by atoms with Gasteiger partial charge in [0.2, 0.25) is 5.91 Å². The predicted octanol–water partition coefficient (Wildman–Crippen LogP) is 3.82. The molecule has 1 atom stereocenters. The van der Waals surface area contributed by atoms with Crippen LogP contribution in [0.1, 0.15) is 43.7 Å². The minimum Gasteiger partial charge on any atom is -0.340 e. The topological polar surface area (TPSA) is 20.3 Å². The van der Waals surface area contributed by atoms with E-state index < -0.39 is 11.7 Å². The number of hydrogen-bond acceptors (Lipinski definition) is 1. The summed E-state index contributed by atoms with van der Waals surface area (Å²) in [6.07, 6.45) is -3.33. The second-order valence-corrected chi connectivity index (χ2v) is 5.49. The molecule has 0 N–H and O–H groups in total. The third-order valence-electron chi connectivity index (χ3n) is 3.77. The van der Waals surface area contributed by atoms with Crippen molar-refractivity contribution < 1.29 is 18.0 Å². The molecule has 1 aliphatic rings. The van der Waals surface area contributed by atoms with E-state index in [9.17, 15) is 18.0 Å². The van der Waals surface area contributed by atoms with E-state index in [-0.39, 0.29) is 17.9 Å². The van der Waals surface area contributed by atoms with E-state index in [2.05, 4.69) is 0 Å². The van der Waals surface area contributed by atoms with Crippen molar-refractivity contribution >= 4 is 5.91 Å². The Bertz CT molecular complexity index is 496. The average Bonchev–Trinajstić information content (AvgIpc) is 2.37. The molecule has 0 bridgehead atoms. The van der Waals surface area contributed by atoms with Crippen LogP contribution in [0.25, 0.3) is 0 Å². The van der Waals surface area contributed by atoms with Crippen LogP contribution in [0.3, 0.4) is 0 Å². The highest BCUT2D eigenvalue weighted by Crippen LogP contribution is 2.34. The maximum absolute atomic E-state index is 12.7. The molecule has 5 heteroatoms. The summed E-state index contributed by atoms with van der Waals surface area (Å²) in [7, 11) is 0. The Balaban J connectivity index is 2.16. The van der Waals surface area contributed by atoms with E-state index in [1.54, 1.807) is 11.0 Å². The molecule has 2 rings (SSSR count). The van der Waals surface area contributed by atoms with E-state index in [1.807, 2.05) is 13.8 Å². The zero-order valence-electron chi connectivity index (χ0n) is 11.6. The number of halogens is 3. The normalized spacial score (nSPS) is 20.6. The highest BCUT2D eigenvalue weighted by molar-refractivity contribution is 5.78. The summed E-state index contributed by atoms with van der Waals surface area (Å²) in [4.78, 5) is 13.8. The average molecular weight is 285 g/mol. The molecule has 1 fully saturated rings. The summed E-state index contributed by atoms with van der Waals surface area (Å²) in [6, 6.07) is 5.47. The number of carbonyl (C=O) groups excluding carboxylic acids is 1. The molecule has 1 heterocycles. The molecule has 1 aromatic carbocycles. The van der Waals surface area contributed by atoms with Gasteiger partial charge < -0.3 is 4.90 Å². The fourth-order valence-electron chi connectivity index (χ4n) is 2.65. The molecule has 2 nitrogen and oxygen atoms in total. The van der Waals surface area contributed by atoms with Crippen LogP contribution in [0.4, 0.5) is 13.2 Å². The van der Waals surface area contributed by atoms with Gasteiger partial charge in [-0.25, -0.2) is 0 Å². The molecule has 0 saturated carbocycles. The number of benzene rings is 1. The van der Waals surface area contributed by atoms with Gasteiger partial charge in [-0.1, -0.05) is 18.2 Å². The van der Waals surface area contributed by atoms with E-state index in [0.29, 0.717) is 24.9 Å². The van der Waals surface area contributed by atoms with E-state index in [4.69, 9.17) is 0 Å². The van der Waals surface area contributed by atoms with Crippen molar-refractivity contribution in [3.05, 3.63) is 35.4 Å². The number of likely N-dealkylation sites (tertiary alicyclic amines) is 1. The summed E-state index contributed by atoms with van der Waals surface area (Å²) >= 11 is 0. The van der Waals surface area contributed by atoms with Crippen molar-refractivity contribution in [1.29, 1.82) is 0 Å². The first-order chi connectivity index (χ1) is 9.29. The minimum atomic E-state index is -4.33. The number of carbonyl (C=O) groups is 1. The molecule has 0 aromatic heterocycles. The Morgan fingerprint density at radius 3 is 2.55 bits per heavy atom. The van der Waals surface area contributed by atoms with Crippen LogP contribution in [0.15, 0.2) is 24.3 Å². The molecule has 1 amide bonds. The van der Waals surface area contributed by atoms with Gasteiger partial charge >= 0.3 is 6.18 Å². The van der Waals surface area contributed by atoms with E-state index in [0.717, 1.165) is 6.07 Å². The van der Waals surface area contributed by atoms with Crippen molar-refractivity contribution in [2.24, 2.45) is 0 Å². The minimum absolute atomic E-state index is 0.0219. The van der Waals surface area contributed by atoms with E-state index in [1.165, 1.54) is 12.1 Å². The standard InChI is InChI=1S/C15H18F3NO/c1-10(2)19-7-6-12(9-14(19)20)11-4-3-5-13(8-11)15(16,17)18/h3-5,8,10,12H,6-7,9H2,1-2H3. The van der Waals surface area contributed by atoms with Crippen molar-refractivity contribution in [3.63, 3.8) is 0 Å². The van der Waals surface area contributed by atoms with Gasteiger partial charge in [0.25, 0.3) is 0 Å². The number of amides is 1. The molecule has 1 aromatic rings. The quantitative estimate of drug-likeness (QED) is 0.809. The molecule has 20 heavy (non-hydrogen) atoms. The van der Waals surface area contributed by atoms with Crippen LogP contribution in [0.2, 0.25) is 0 Å². The lowest BCUT2D eigenvalue weighted by molar-refractivity contribution is -0.137. The lowest BCUT2D eigenvalue weighted by Gasteiger charge is -2.34. The predicted molar refractivity (Wildman–Crippen MR) is 70.3 cm³/mol. The number of alkyl halides is 3. The smallest absolute Gasteiger partial charge is 0.340 e. The van der Waals surface area contributed by atoms with Crippen LogP contribution >= 0.6 is 0 Å². The first kappa shape index (κ1) is 14.9. The Morgan fingerprint density at radius 1 is 1.30 bits per heavy atom. The van der Waals surface area contributed by atoms with Gasteiger partial charge in [-0.05, 0) is 37.8 Å². The van der Waals surface area contributed by atoms with E-state index >= 15 is 0 Å². The molecule has 0 aliphatic carbocycles. The Kier molecular flexibility index (Phi) is 4.06. The van der Waals surface area contributed by atoms with Crippen LogP contribution in [0, 0.1) is 0 Å². The van der Waals surface area contributed by atoms with Gasteiger partial charge in [-0.2, -0.15) is 13.2 Å². The van der Waals surface area contributed by atoms with Gasteiger partial charge in [0.1, 0.15) is 0 Å². The van der Waals surface area contributed by atoms with Crippen molar-refractivity contribution in [2.75, 3.05) is 6.54 Å². The number of rotatable bonds is 2. The lowest BCUT2D eigenvalue weighted by Crippen LogP contribution is -2.42. The number of nitrogens with zero attached hydrogens (tertiary/aromatic N) is 1. The van der Waals surface area contributed by atoms with Crippen molar-refractivity contribution in [3.8, 4) is 0 Å². The SMILES string of the molecule is CC(C)N1CCC(c2cccc(C(F)(F)F)c2)CC1=O. The van der Waals surface area contributed by atoms with Crippen molar-refractivity contribution in [1.82, 2.24) is 4.90 Å². The first-order valence-electron chi connectivity index (χ1n) is 6.75. The zero-order valence-corrected chi connectivity index (χ0v) is 11.6. The summed E-state index contributed by atoms with van der Waals surface area (Å²) in [6.45, 7) is 4.50. The summed E-state index contributed by atoms with van der Waals surface area (Å²) in [5.41, 5.74) is -0.0367. The monoisotopic (exact) mass is 285 g/mol. The third-order valence-corrected chi connectivity index (χ3v) is 3.77. The van der Waals surface area contributed by atoms with Gasteiger partial charge in [0, 0.05) is 19.0 Å². The lowest BCUT2D eigenvalue weighted by atomic mass is 9.87. The van der Waals surface area contributed by atoms with Gasteiger partial charge in [-0.3, -0.25) is 4.79 Å². The Hall–Kier alpha value is -1.52. The molecule has 110 valence electrons. The Labute approximate surface area is 116 Å². The number of piperidine rings is 1. The van der Waals surface area contributed by atoms with Gasteiger partial charge in [0.15, 0.2) is 0 Å². The highest BCUT2D eigenvalue weighted by Gasteiger charge is 2.32. The Morgan fingerprint density at radius 2 is 2.00 bits per heavy atom. The van der Waals surface area contributed by atoms with Gasteiger partial charge in [0.05, 0.1) is 5.56 Å². The van der Waals surface area contributed by atoms with Crippen LogP contribution in [0.5, 0.6) is 0 Å². The largest absolute Gasteiger partial charge is 0.416 e. The van der Waals surface area contributed by atoms with Crippen LogP contribution < -0.4 is 0 Å². The molecule has 1 saturated heterocycles. The number of hydrogen-bond donors (Lipinski definition) is 0. The fraction of sp³-hybridized carbons (Fsp3) is 0.533. The second kappa shape index (κ2) is 5.46. The molecule has 0 radical (unpaired) electrons. The summed E-state index contributed by atoms with van der Waals surface area (Å²) in [5.74, 6) is -0.0894. The maximum Gasteiger partial charge on any atom is 0.416 e. The summed E-state index contributed by atoms with van der Waals surface area (Å²) < 4.78 is 38.1. The third kappa shape index (κ3) is 3.14. The van der Waals surface area contributed by atoms with Crippen LogP contribution in [-0.4, -0.2) is 23.4 Å². The van der Waals surface area contributed by atoms with Gasteiger partial charge in [-0.15, -0.1) is 0 Å². The molecular formula is C15H18F3NO. The maximum atomic E-state index is 12.7. The molecule has 0 spiro atoms. The van der Waals surface area contributed by atoms with Crippen molar-refractivity contribution in [2.45, 2.75) is 44.8 Å². The summed E-state index contributed by atoms with van der Waals surface area (Å²) in [5, 5.41) is 0.